The first-order valence-corrected chi connectivity index (χ1v) is 6.13. The van der Waals surface area contributed by atoms with E-state index in [1.807, 2.05) is 6.92 Å². The van der Waals surface area contributed by atoms with Crippen molar-refractivity contribution in [2.45, 2.75) is 45.1 Å². The third-order valence-electron chi connectivity index (χ3n) is 3.98. The van der Waals surface area contributed by atoms with Crippen LogP contribution in [0.25, 0.3) is 0 Å². The van der Waals surface area contributed by atoms with Gasteiger partial charge in [-0.05, 0) is 29.9 Å². The summed E-state index contributed by atoms with van der Waals surface area (Å²) in [6, 6.07) is 3.54. The molecular formula is C14H18F2O. The van der Waals surface area contributed by atoms with Crippen molar-refractivity contribution in [1.82, 2.24) is 0 Å². The van der Waals surface area contributed by atoms with E-state index in [2.05, 4.69) is 0 Å². The van der Waals surface area contributed by atoms with Crippen molar-refractivity contribution in [3.8, 4) is 0 Å². The van der Waals surface area contributed by atoms with E-state index in [-0.39, 0.29) is 11.8 Å². The summed E-state index contributed by atoms with van der Waals surface area (Å²) in [6.07, 6.45) is 3.93. The fourth-order valence-corrected chi connectivity index (χ4v) is 2.66. The molecule has 2 rings (SSSR count). The smallest absolute Gasteiger partial charge is 0.129 e. The van der Waals surface area contributed by atoms with Gasteiger partial charge < -0.3 is 5.11 Å². The Morgan fingerprint density at radius 2 is 1.94 bits per heavy atom. The zero-order chi connectivity index (χ0) is 12.5. The van der Waals surface area contributed by atoms with Gasteiger partial charge in [-0.25, -0.2) is 8.78 Å². The monoisotopic (exact) mass is 240 g/mol. The molecule has 1 aliphatic rings. The molecule has 17 heavy (non-hydrogen) atoms. The van der Waals surface area contributed by atoms with Crippen LogP contribution in [0.5, 0.6) is 0 Å². The summed E-state index contributed by atoms with van der Waals surface area (Å²) >= 11 is 0. The molecule has 0 spiro atoms. The minimum Gasteiger partial charge on any atom is -0.392 e. The third kappa shape index (κ3) is 2.65. The molecule has 1 atom stereocenters. The van der Waals surface area contributed by atoms with Crippen molar-refractivity contribution in [1.29, 1.82) is 0 Å². The van der Waals surface area contributed by atoms with Crippen LogP contribution in [-0.4, -0.2) is 11.2 Å². The lowest BCUT2D eigenvalue weighted by atomic mass is 9.80. The maximum Gasteiger partial charge on any atom is 0.129 e. The van der Waals surface area contributed by atoms with Crippen molar-refractivity contribution in [2.75, 3.05) is 0 Å². The molecule has 1 saturated carbocycles. The van der Waals surface area contributed by atoms with E-state index in [0.29, 0.717) is 5.56 Å². The van der Waals surface area contributed by atoms with Gasteiger partial charge in [-0.3, -0.25) is 0 Å². The quantitative estimate of drug-likeness (QED) is 0.858. The molecule has 0 aromatic heterocycles. The second-order valence-electron chi connectivity index (χ2n) is 5.32. The SMILES string of the molecule is CC1(C(O)Cc2ccc(F)cc2F)CCCC1. The molecule has 0 aliphatic heterocycles. The third-order valence-corrected chi connectivity index (χ3v) is 3.98. The first-order valence-electron chi connectivity index (χ1n) is 6.13. The maximum absolute atomic E-state index is 13.5. The summed E-state index contributed by atoms with van der Waals surface area (Å²) in [5, 5.41) is 10.2. The molecule has 0 bridgehead atoms. The molecule has 1 fully saturated rings. The van der Waals surface area contributed by atoms with Crippen LogP contribution in [0.3, 0.4) is 0 Å². The van der Waals surface area contributed by atoms with Gasteiger partial charge in [0.1, 0.15) is 11.6 Å². The minimum atomic E-state index is -0.576. The van der Waals surface area contributed by atoms with Crippen molar-refractivity contribution in [3.63, 3.8) is 0 Å². The molecule has 0 saturated heterocycles. The topological polar surface area (TPSA) is 20.2 Å². The Bertz CT molecular complexity index is 397. The normalized spacial score (nSPS) is 20.5. The summed E-state index contributed by atoms with van der Waals surface area (Å²) in [5.74, 6) is -1.14. The van der Waals surface area contributed by atoms with Crippen LogP contribution in [0, 0.1) is 17.0 Å². The zero-order valence-electron chi connectivity index (χ0n) is 10.0. The highest BCUT2D eigenvalue weighted by molar-refractivity contribution is 5.19. The lowest BCUT2D eigenvalue weighted by Crippen LogP contribution is -2.31. The number of aliphatic hydroxyl groups is 1. The van der Waals surface area contributed by atoms with Crippen LogP contribution in [0.2, 0.25) is 0 Å². The van der Waals surface area contributed by atoms with Gasteiger partial charge in [0, 0.05) is 12.5 Å². The first-order chi connectivity index (χ1) is 8.01. The van der Waals surface area contributed by atoms with Gasteiger partial charge in [0.25, 0.3) is 0 Å². The number of aliphatic hydroxyl groups excluding tert-OH is 1. The Labute approximate surface area is 100 Å². The van der Waals surface area contributed by atoms with E-state index in [9.17, 15) is 13.9 Å². The second kappa shape index (κ2) is 4.73. The first kappa shape index (κ1) is 12.5. The van der Waals surface area contributed by atoms with E-state index < -0.39 is 17.7 Å². The summed E-state index contributed by atoms with van der Waals surface area (Å²) in [5.41, 5.74) is 0.285. The van der Waals surface area contributed by atoms with Crippen LogP contribution < -0.4 is 0 Å². The lowest BCUT2D eigenvalue weighted by Gasteiger charge is -2.30. The number of rotatable bonds is 3. The molecule has 1 N–H and O–H groups in total. The summed E-state index contributed by atoms with van der Waals surface area (Å²) in [7, 11) is 0. The standard InChI is InChI=1S/C14H18F2O/c1-14(6-2-3-7-14)13(17)8-10-4-5-11(15)9-12(10)16/h4-5,9,13,17H,2-3,6-8H2,1H3. The summed E-state index contributed by atoms with van der Waals surface area (Å²) in [4.78, 5) is 0. The van der Waals surface area contributed by atoms with Crippen LogP contribution in [0.4, 0.5) is 8.78 Å². The molecule has 0 amide bonds. The van der Waals surface area contributed by atoms with Crippen LogP contribution >= 0.6 is 0 Å². The lowest BCUT2D eigenvalue weighted by molar-refractivity contribution is 0.0417. The number of halogens is 2. The molecular weight excluding hydrogens is 222 g/mol. The summed E-state index contributed by atoms with van der Waals surface area (Å²) < 4.78 is 26.2. The van der Waals surface area contributed by atoms with Crippen molar-refractivity contribution < 1.29 is 13.9 Å². The second-order valence-corrected chi connectivity index (χ2v) is 5.32. The van der Waals surface area contributed by atoms with Gasteiger partial charge in [-0.1, -0.05) is 25.8 Å². The fourth-order valence-electron chi connectivity index (χ4n) is 2.66. The Morgan fingerprint density at radius 3 is 2.53 bits per heavy atom. The van der Waals surface area contributed by atoms with Gasteiger partial charge in [-0.2, -0.15) is 0 Å². The molecule has 1 aliphatic carbocycles. The Balaban J connectivity index is 2.10. The molecule has 1 unspecified atom stereocenters. The largest absolute Gasteiger partial charge is 0.392 e. The van der Waals surface area contributed by atoms with Gasteiger partial charge in [-0.15, -0.1) is 0 Å². The van der Waals surface area contributed by atoms with Gasteiger partial charge >= 0.3 is 0 Å². The van der Waals surface area contributed by atoms with Crippen LogP contribution in [-0.2, 0) is 6.42 Å². The zero-order valence-corrected chi connectivity index (χ0v) is 10.0. The van der Waals surface area contributed by atoms with E-state index >= 15 is 0 Å². The predicted octanol–water partition coefficient (Wildman–Crippen LogP) is 3.45. The predicted molar refractivity (Wildman–Crippen MR) is 62.6 cm³/mol. The highest BCUT2D eigenvalue weighted by Gasteiger charge is 2.36. The van der Waals surface area contributed by atoms with E-state index in [4.69, 9.17) is 0 Å². The van der Waals surface area contributed by atoms with Crippen molar-refractivity contribution >= 4 is 0 Å². The number of benzene rings is 1. The molecule has 94 valence electrons. The number of hydrogen-bond acceptors (Lipinski definition) is 1. The number of hydrogen-bond donors (Lipinski definition) is 1. The Morgan fingerprint density at radius 1 is 1.29 bits per heavy atom. The van der Waals surface area contributed by atoms with E-state index in [1.165, 1.54) is 12.1 Å². The van der Waals surface area contributed by atoms with Crippen molar-refractivity contribution in [3.05, 3.63) is 35.4 Å². The molecule has 0 radical (unpaired) electrons. The minimum absolute atomic E-state index is 0.110. The average Bonchev–Trinajstić information content (AvgIpc) is 2.71. The van der Waals surface area contributed by atoms with Gasteiger partial charge in [0.2, 0.25) is 0 Å². The van der Waals surface area contributed by atoms with Crippen molar-refractivity contribution in [2.24, 2.45) is 5.41 Å². The highest BCUT2D eigenvalue weighted by atomic mass is 19.1. The molecule has 0 heterocycles. The van der Waals surface area contributed by atoms with Gasteiger partial charge in [0.05, 0.1) is 6.10 Å². The molecule has 1 aromatic carbocycles. The van der Waals surface area contributed by atoms with Gasteiger partial charge in [0.15, 0.2) is 0 Å². The molecule has 1 nitrogen and oxygen atoms in total. The van der Waals surface area contributed by atoms with E-state index in [0.717, 1.165) is 31.7 Å². The Hall–Kier alpha value is -0.960. The Kier molecular flexibility index (Phi) is 3.48. The highest BCUT2D eigenvalue weighted by Crippen LogP contribution is 2.41. The van der Waals surface area contributed by atoms with Crippen LogP contribution in [0.15, 0.2) is 18.2 Å². The van der Waals surface area contributed by atoms with E-state index in [1.54, 1.807) is 0 Å². The average molecular weight is 240 g/mol. The summed E-state index contributed by atoms with van der Waals surface area (Å²) in [6.45, 7) is 2.05. The maximum atomic E-state index is 13.5. The molecule has 3 heteroatoms. The fraction of sp³-hybridized carbons (Fsp3) is 0.571. The van der Waals surface area contributed by atoms with Crippen LogP contribution in [0.1, 0.15) is 38.2 Å². The molecule has 1 aromatic rings.